The van der Waals surface area contributed by atoms with Gasteiger partial charge in [0, 0.05) is 18.1 Å². The number of nitrogens with two attached hydrogens (primary N) is 2. The molecule has 1 aromatic heterocycles. The van der Waals surface area contributed by atoms with Gasteiger partial charge in [0.1, 0.15) is 5.82 Å². The van der Waals surface area contributed by atoms with E-state index in [-0.39, 0.29) is 0 Å². The summed E-state index contributed by atoms with van der Waals surface area (Å²) in [6, 6.07) is 5.46. The van der Waals surface area contributed by atoms with Crippen LogP contribution in [0.4, 0.5) is 17.1 Å². The van der Waals surface area contributed by atoms with Crippen molar-refractivity contribution in [3.63, 3.8) is 0 Å². The van der Waals surface area contributed by atoms with Crippen molar-refractivity contribution in [3.8, 4) is 0 Å². The predicted octanol–water partition coefficient (Wildman–Crippen LogP) is 1.19. The van der Waals surface area contributed by atoms with Crippen molar-refractivity contribution in [3.05, 3.63) is 36.4 Å². The van der Waals surface area contributed by atoms with E-state index in [4.69, 9.17) is 11.5 Å². The molecule has 0 saturated carbocycles. The molecule has 0 radical (unpaired) electrons. The summed E-state index contributed by atoms with van der Waals surface area (Å²) in [6.45, 7) is 0.635. The van der Waals surface area contributed by atoms with Gasteiger partial charge in [-0.25, -0.2) is 4.98 Å². The minimum atomic E-state index is 0.583. The summed E-state index contributed by atoms with van der Waals surface area (Å²) in [5.74, 6) is 0.880. The van der Waals surface area contributed by atoms with Gasteiger partial charge in [-0.05, 0) is 18.2 Å². The highest BCUT2D eigenvalue weighted by molar-refractivity contribution is 5.69. The van der Waals surface area contributed by atoms with Gasteiger partial charge in [0.25, 0.3) is 0 Å². The molecule has 5 heteroatoms. The SMILES string of the molecule is Nc1ccc(NCc2ncc[nH]2)cc1N. The van der Waals surface area contributed by atoms with Gasteiger partial charge in [0.05, 0.1) is 17.9 Å². The van der Waals surface area contributed by atoms with Crippen LogP contribution in [-0.4, -0.2) is 9.97 Å². The maximum absolute atomic E-state index is 5.68. The molecule has 0 aliphatic heterocycles. The molecule has 0 spiro atoms. The Kier molecular flexibility index (Phi) is 2.45. The lowest BCUT2D eigenvalue weighted by atomic mass is 10.2. The third kappa shape index (κ3) is 2.19. The zero-order valence-corrected chi connectivity index (χ0v) is 8.20. The second-order valence-electron chi connectivity index (χ2n) is 3.23. The minimum absolute atomic E-state index is 0.583. The number of nitrogens with zero attached hydrogens (tertiary/aromatic N) is 1. The molecule has 15 heavy (non-hydrogen) atoms. The lowest BCUT2D eigenvalue weighted by Crippen LogP contribution is -2.02. The van der Waals surface area contributed by atoms with E-state index in [2.05, 4.69) is 15.3 Å². The van der Waals surface area contributed by atoms with Crippen LogP contribution in [0.2, 0.25) is 0 Å². The first-order chi connectivity index (χ1) is 7.25. The van der Waals surface area contributed by atoms with E-state index in [1.807, 2.05) is 6.07 Å². The lowest BCUT2D eigenvalue weighted by molar-refractivity contribution is 1.00. The summed E-state index contributed by atoms with van der Waals surface area (Å²) in [5, 5.41) is 3.19. The van der Waals surface area contributed by atoms with E-state index < -0.39 is 0 Å². The van der Waals surface area contributed by atoms with Gasteiger partial charge < -0.3 is 21.8 Å². The van der Waals surface area contributed by atoms with Crippen LogP contribution in [0.25, 0.3) is 0 Å². The number of benzene rings is 1. The third-order valence-corrected chi connectivity index (χ3v) is 2.10. The van der Waals surface area contributed by atoms with Gasteiger partial charge in [0.2, 0.25) is 0 Å². The number of nitrogen functional groups attached to an aromatic ring is 2. The van der Waals surface area contributed by atoms with Gasteiger partial charge in [-0.15, -0.1) is 0 Å². The molecule has 0 fully saturated rings. The van der Waals surface area contributed by atoms with Gasteiger partial charge in [0.15, 0.2) is 0 Å². The van der Waals surface area contributed by atoms with Gasteiger partial charge in [-0.3, -0.25) is 0 Å². The van der Waals surface area contributed by atoms with Crippen LogP contribution in [0.3, 0.4) is 0 Å². The standard InChI is InChI=1S/C10H13N5/c11-8-2-1-7(5-9(8)12)15-6-10-13-3-4-14-10/h1-5,15H,6,11-12H2,(H,13,14). The minimum Gasteiger partial charge on any atom is -0.397 e. The molecule has 1 aromatic carbocycles. The van der Waals surface area contributed by atoms with Crippen molar-refractivity contribution in [2.45, 2.75) is 6.54 Å². The molecule has 5 nitrogen and oxygen atoms in total. The second kappa shape index (κ2) is 3.91. The average molecular weight is 203 g/mol. The fraction of sp³-hybridized carbons (Fsp3) is 0.100. The smallest absolute Gasteiger partial charge is 0.125 e. The highest BCUT2D eigenvalue weighted by Crippen LogP contribution is 2.19. The molecule has 6 N–H and O–H groups in total. The summed E-state index contributed by atoms with van der Waals surface area (Å²) in [4.78, 5) is 7.10. The van der Waals surface area contributed by atoms with Gasteiger partial charge >= 0.3 is 0 Å². The normalized spacial score (nSPS) is 10.1. The monoisotopic (exact) mass is 203 g/mol. The Morgan fingerprint density at radius 3 is 2.80 bits per heavy atom. The molecule has 1 heterocycles. The van der Waals surface area contributed by atoms with Crippen LogP contribution < -0.4 is 16.8 Å². The lowest BCUT2D eigenvalue weighted by Gasteiger charge is -2.06. The maximum Gasteiger partial charge on any atom is 0.125 e. The Morgan fingerprint density at radius 1 is 1.27 bits per heavy atom. The van der Waals surface area contributed by atoms with Crippen molar-refractivity contribution >= 4 is 17.1 Å². The first kappa shape index (κ1) is 9.39. The zero-order valence-electron chi connectivity index (χ0n) is 8.20. The van der Waals surface area contributed by atoms with Crippen LogP contribution in [0.1, 0.15) is 5.82 Å². The number of hydrogen-bond donors (Lipinski definition) is 4. The number of rotatable bonds is 3. The topological polar surface area (TPSA) is 92.7 Å². The molecule has 2 aromatic rings. The molecule has 0 saturated heterocycles. The number of aromatic nitrogens is 2. The van der Waals surface area contributed by atoms with E-state index >= 15 is 0 Å². The molecule has 0 bridgehead atoms. The van der Waals surface area contributed by atoms with Crippen molar-refractivity contribution in [1.29, 1.82) is 0 Å². The Labute approximate surface area is 87.5 Å². The van der Waals surface area contributed by atoms with Crippen LogP contribution >= 0.6 is 0 Å². The van der Waals surface area contributed by atoms with Crippen molar-refractivity contribution in [2.24, 2.45) is 0 Å². The number of imidazole rings is 1. The van der Waals surface area contributed by atoms with Crippen LogP contribution in [-0.2, 0) is 6.54 Å². The van der Waals surface area contributed by atoms with E-state index in [1.54, 1.807) is 24.5 Å². The molecule has 0 atom stereocenters. The fourth-order valence-corrected chi connectivity index (χ4v) is 1.27. The number of hydrogen-bond acceptors (Lipinski definition) is 4. The zero-order chi connectivity index (χ0) is 10.7. The number of aromatic amines is 1. The molecule has 0 aliphatic rings. The Morgan fingerprint density at radius 2 is 2.13 bits per heavy atom. The van der Waals surface area contributed by atoms with E-state index in [0.29, 0.717) is 17.9 Å². The molecule has 0 unspecified atom stereocenters. The summed E-state index contributed by atoms with van der Waals surface area (Å²) < 4.78 is 0. The number of anilines is 3. The first-order valence-electron chi connectivity index (χ1n) is 4.63. The Bertz CT molecular complexity index is 435. The predicted molar refractivity (Wildman–Crippen MR) is 61.2 cm³/mol. The van der Waals surface area contributed by atoms with Crippen molar-refractivity contribution in [2.75, 3.05) is 16.8 Å². The highest BCUT2D eigenvalue weighted by Gasteiger charge is 1.98. The van der Waals surface area contributed by atoms with Crippen LogP contribution in [0, 0.1) is 0 Å². The van der Waals surface area contributed by atoms with E-state index in [0.717, 1.165) is 11.5 Å². The third-order valence-electron chi connectivity index (χ3n) is 2.10. The van der Waals surface area contributed by atoms with E-state index in [1.165, 1.54) is 0 Å². The van der Waals surface area contributed by atoms with Gasteiger partial charge in [-0.2, -0.15) is 0 Å². The molecule has 2 rings (SSSR count). The summed E-state index contributed by atoms with van der Waals surface area (Å²) in [5.41, 5.74) is 13.4. The number of H-pyrrole nitrogens is 1. The van der Waals surface area contributed by atoms with Crippen molar-refractivity contribution < 1.29 is 0 Å². The van der Waals surface area contributed by atoms with Crippen molar-refractivity contribution in [1.82, 2.24) is 9.97 Å². The van der Waals surface area contributed by atoms with Crippen LogP contribution in [0.5, 0.6) is 0 Å². The average Bonchev–Trinajstić information content (AvgIpc) is 2.73. The number of nitrogens with one attached hydrogen (secondary N) is 2. The Hall–Kier alpha value is -2.17. The Balaban J connectivity index is 2.02. The van der Waals surface area contributed by atoms with E-state index in [9.17, 15) is 0 Å². The second-order valence-corrected chi connectivity index (χ2v) is 3.23. The molecular formula is C10H13N5. The molecule has 0 aliphatic carbocycles. The summed E-state index contributed by atoms with van der Waals surface area (Å²) >= 11 is 0. The first-order valence-corrected chi connectivity index (χ1v) is 4.63. The van der Waals surface area contributed by atoms with Crippen LogP contribution in [0.15, 0.2) is 30.6 Å². The largest absolute Gasteiger partial charge is 0.397 e. The quantitative estimate of drug-likeness (QED) is 0.564. The van der Waals surface area contributed by atoms with Gasteiger partial charge in [-0.1, -0.05) is 0 Å². The maximum atomic E-state index is 5.68. The fourth-order valence-electron chi connectivity index (χ4n) is 1.27. The molecule has 78 valence electrons. The molecular weight excluding hydrogens is 190 g/mol. The molecule has 0 amide bonds. The summed E-state index contributed by atoms with van der Waals surface area (Å²) in [6.07, 6.45) is 3.50. The summed E-state index contributed by atoms with van der Waals surface area (Å²) in [7, 11) is 0. The highest BCUT2D eigenvalue weighted by atomic mass is 15.0.